The number of H-pyrrole nitrogens is 1. The first kappa shape index (κ1) is 26.9. The van der Waals surface area contributed by atoms with Crippen LogP contribution < -0.4 is 14.5 Å². The number of carbonyl (C=O) groups excluding carboxylic acids is 1. The summed E-state index contributed by atoms with van der Waals surface area (Å²) in [5.74, 6) is 0.987. The Labute approximate surface area is 239 Å². The zero-order chi connectivity index (χ0) is 28.9. The molecule has 1 aliphatic rings. The number of hydrogen-bond acceptors (Lipinski definition) is 6. The van der Waals surface area contributed by atoms with Crippen LogP contribution in [0.15, 0.2) is 65.1 Å². The highest BCUT2D eigenvalue weighted by Crippen LogP contribution is 2.42. The van der Waals surface area contributed by atoms with Gasteiger partial charge < -0.3 is 19.6 Å². The van der Waals surface area contributed by atoms with Crippen molar-refractivity contribution in [3.8, 4) is 11.3 Å². The topological polar surface area (TPSA) is 112 Å². The lowest BCUT2D eigenvalue weighted by molar-refractivity contribution is 0.0964. The molecule has 1 aliphatic heterocycles. The van der Waals surface area contributed by atoms with E-state index in [4.69, 9.17) is 9.40 Å². The number of aromatic nitrogens is 2. The van der Waals surface area contributed by atoms with Crippen molar-refractivity contribution in [1.29, 1.82) is 0 Å². The molecule has 0 bridgehead atoms. The maximum atomic E-state index is 13.2. The summed E-state index contributed by atoms with van der Waals surface area (Å²) in [6.45, 7) is 3.48. The Bertz CT molecular complexity index is 1840. The Kier molecular flexibility index (Phi) is 6.73. The molecule has 9 nitrogen and oxygen atoms in total. The summed E-state index contributed by atoms with van der Waals surface area (Å²) in [4.78, 5) is 23.7. The molecule has 3 heterocycles. The number of anilines is 2. The van der Waals surface area contributed by atoms with E-state index in [-0.39, 0.29) is 11.8 Å². The first-order valence-corrected chi connectivity index (χ1v) is 15.5. The van der Waals surface area contributed by atoms with Crippen molar-refractivity contribution >= 4 is 49.6 Å². The van der Waals surface area contributed by atoms with Gasteiger partial charge in [0.1, 0.15) is 11.3 Å². The van der Waals surface area contributed by atoms with Crippen molar-refractivity contribution in [3.05, 3.63) is 77.4 Å². The molecule has 1 fully saturated rings. The molecule has 41 heavy (non-hydrogen) atoms. The predicted octanol–water partition coefficient (Wildman–Crippen LogP) is 5.42. The molecule has 0 radical (unpaired) electrons. The molecule has 1 amide bonds. The van der Waals surface area contributed by atoms with Gasteiger partial charge in [0.2, 0.25) is 16.0 Å². The van der Waals surface area contributed by atoms with Crippen LogP contribution in [0.2, 0.25) is 0 Å². The molecule has 2 N–H and O–H groups in total. The zero-order valence-corrected chi connectivity index (χ0v) is 24.4. The Morgan fingerprint density at radius 3 is 2.61 bits per heavy atom. The summed E-state index contributed by atoms with van der Waals surface area (Å²) in [6, 6.07) is 19.4. The second-order valence-corrected chi connectivity index (χ2v) is 12.8. The van der Waals surface area contributed by atoms with Gasteiger partial charge in [0, 0.05) is 50.1 Å². The third-order valence-corrected chi connectivity index (χ3v) is 9.17. The van der Waals surface area contributed by atoms with E-state index in [2.05, 4.69) is 15.2 Å². The van der Waals surface area contributed by atoms with E-state index >= 15 is 0 Å². The minimum absolute atomic E-state index is 0.00387. The second-order valence-electron chi connectivity index (χ2n) is 10.8. The highest BCUT2D eigenvalue weighted by molar-refractivity contribution is 7.92. The lowest BCUT2D eigenvalue weighted by Crippen LogP contribution is -2.36. The van der Waals surface area contributed by atoms with Crippen LogP contribution in [-0.4, -0.2) is 57.7 Å². The first-order valence-electron chi connectivity index (χ1n) is 13.7. The van der Waals surface area contributed by atoms with Crippen molar-refractivity contribution in [2.45, 2.75) is 25.7 Å². The molecule has 1 atom stereocenters. The van der Waals surface area contributed by atoms with Gasteiger partial charge in [-0.3, -0.25) is 9.10 Å². The number of furan rings is 1. The van der Waals surface area contributed by atoms with E-state index in [1.807, 2.05) is 61.5 Å². The number of nitrogens with one attached hydrogen (secondary N) is 2. The maximum absolute atomic E-state index is 13.2. The molecule has 1 saturated heterocycles. The minimum atomic E-state index is -3.57. The van der Waals surface area contributed by atoms with E-state index in [1.165, 1.54) is 10.6 Å². The van der Waals surface area contributed by atoms with Gasteiger partial charge in [-0.15, -0.1) is 0 Å². The Morgan fingerprint density at radius 1 is 1.15 bits per heavy atom. The fraction of sp³-hybridized carbons (Fsp3) is 0.290. The van der Waals surface area contributed by atoms with Crippen molar-refractivity contribution in [1.82, 2.24) is 15.3 Å². The molecule has 0 aliphatic carbocycles. The number of piperidine rings is 1. The molecule has 0 unspecified atom stereocenters. The van der Waals surface area contributed by atoms with Gasteiger partial charge in [-0.25, -0.2) is 13.4 Å². The van der Waals surface area contributed by atoms with Crippen molar-refractivity contribution in [3.63, 3.8) is 0 Å². The summed E-state index contributed by atoms with van der Waals surface area (Å²) < 4.78 is 33.2. The molecule has 3 aromatic carbocycles. The number of carbonyl (C=O) groups is 1. The molecule has 212 valence electrons. The minimum Gasteiger partial charge on any atom is -0.455 e. The van der Waals surface area contributed by atoms with E-state index in [1.54, 1.807) is 20.2 Å². The van der Waals surface area contributed by atoms with Crippen LogP contribution >= 0.6 is 0 Å². The highest BCUT2D eigenvalue weighted by atomic mass is 32.2. The van der Waals surface area contributed by atoms with Crippen molar-refractivity contribution in [2.24, 2.45) is 0 Å². The van der Waals surface area contributed by atoms with Gasteiger partial charge in [0.05, 0.1) is 28.5 Å². The number of nitrogens with zero attached hydrogens (tertiary/aromatic N) is 3. The number of amides is 1. The average molecular weight is 572 g/mol. The largest absolute Gasteiger partial charge is 0.455 e. The Hall–Kier alpha value is -4.31. The normalized spacial score (nSPS) is 15.9. The summed E-state index contributed by atoms with van der Waals surface area (Å²) >= 11 is 0. The van der Waals surface area contributed by atoms with Gasteiger partial charge >= 0.3 is 0 Å². The Morgan fingerprint density at radius 2 is 1.90 bits per heavy atom. The molecular weight excluding hydrogens is 538 g/mol. The van der Waals surface area contributed by atoms with E-state index in [9.17, 15) is 13.2 Å². The van der Waals surface area contributed by atoms with Gasteiger partial charge in [0.15, 0.2) is 0 Å². The van der Waals surface area contributed by atoms with Crippen molar-refractivity contribution in [2.75, 3.05) is 42.6 Å². The number of sulfonamides is 1. The number of aromatic amines is 1. The summed E-state index contributed by atoms with van der Waals surface area (Å²) in [5, 5.41) is 3.41. The number of fused-ring (bicyclic) bond motifs is 2. The van der Waals surface area contributed by atoms with Gasteiger partial charge in [-0.05, 0) is 43.5 Å². The fourth-order valence-corrected chi connectivity index (χ4v) is 6.21. The molecular formula is C31H33N5O4S. The summed E-state index contributed by atoms with van der Waals surface area (Å²) in [7, 11) is -0.414. The van der Waals surface area contributed by atoms with E-state index < -0.39 is 10.0 Å². The van der Waals surface area contributed by atoms with Crippen molar-refractivity contribution < 1.29 is 17.6 Å². The van der Waals surface area contributed by atoms with Gasteiger partial charge in [-0.2, -0.15) is 0 Å². The van der Waals surface area contributed by atoms with E-state index in [0.29, 0.717) is 34.5 Å². The second kappa shape index (κ2) is 10.3. The number of rotatable bonds is 6. The third kappa shape index (κ3) is 4.93. The van der Waals surface area contributed by atoms with Crippen LogP contribution in [0, 0.1) is 6.92 Å². The van der Waals surface area contributed by atoms with Crippen LogP contribution in [0.1, 0.15) is 40.2 Å². The van der Waals surface area contributed by atoms with Crippen LogP contribution in [0.5, 0.6) is 0 Å². The average Bonchev–Trinajstić information content (AvgIpc) is 3.57. The number of hydrogen-bond donors (Lipinski definition) is 2. The lowest BCUT2D eigenvalue weighted by atomic mass is 9.88. The lowest BCUT2D eigenvalue weighted by Gasteiger charge is -2.34. The smallest absolute Gasteiger partial charge is 0.255 e. The summed E-state index contributed by atoms with van der Waals surface area (Å²) in [6.07, 6.45) is 2.97. The standard InChI is InChI=1S/C31H33N5O4S/c1-19-11-13-20(14-12-19)29-28(30(37)32-2)23-16-22(26(17-27(23)40-29)35(3)41(4,38)39)21-8-7-15-36(18-21)31-33-24-9-5-6-10-25(24)34-31/h5-6,9-14,16-17,21H,7-8,15,18H2,1-4H3,(H,32,37)(H,33,34)/t21-/m1/s1. The monoisotopic (exact) mass is 571 g/mol. The van der Waals surface area contributed by atoms with Gasteiger partial charge in [0.25, 0.3) is 5.91 Å². The quantitative estimate of drug-likeness (QED) is 0.281. The van der Waals surface area contributed by atoms with Crippen LogP contribution in [-0.2, 0) is 10.0 Å². The SMILES string of the molecule is CNC(=O)c1c(-c2ccc(C)cc2)oc2cc(N(C)S(C)(=O)=O)c([C@@H]3CCCN(c4nc5ccccc5[nH]4)C3)cc12. The fourth-order valence-electron chi connectivity index (χ4n) is 5.70. The molecule has 6 rings (SSSR count). The number of aryl methyl sites for hydroxylation is 1. The third-order valence-electron chi connectivity index (χ3n) is 7.98. The zero-order valence-electron chi connectivity index (χ0n) is 23.6. The molecule has 5 aromatic rings. The molecule has 0 spiro atoms. The highest BCUT2D eigenvalue weighted by Gasteiger charge is 2.31. The molecule has 0 saturated carbocycles. The maximum Gasteiger partial charge on any atom is 0.255 e. The van der Waals surface area contributed by atoms with E-state index in [0.717, 1.165) is 53.1 Å². The predicted molar refractivity (Wildman–Crippen MR) is 163 cm³/mol. The molecule has 10 heteroatoms. The Balaban J connectivity index is 1.50. The van der Waals surface area contributed by atoms with Crippen LogP contribution in [0.3, 0.4) is 0 Å². The number of benzene rings is 3. The van der Waals surface area contributed by atoms with Crippen LogP contribution in [0.25, 0.3) is 33.3 Å². The number of para-hydroxylation sites is 2. The molecule has 2 aromatic heterocycles. The van der Waals surface area contributed by atoms with Crippen LogP contribution in [0.4, 0.5) is 11.6 Å². The van der Waals surface area contributed by atoms with Gasteiger partial charge in [-0.1, -0.05) is 42.0 Å². The first-order chi connectivity index (χ1) is 19.6. The number of imidazole rings is 1. The summed E-state index contributed by atoms with van der Waals surface area (Å²) in [5.41, 5.74) is 6.04.